The van der Waals surface area contributed by atoms with E-state index in [-0.39, 0.29) is 10.8 Å². The van der Waals surface area contributed by atoms with Gasteiger partial charge in [-0.25, -0.2) is 9.97 Å². The lowest BCUT2D eigenvalue weighted by atomic mass is 10.4. The lowest BCUT2D eigenvalue weighted by Crippen LogP contribution is -2.12. The van der Waals surface area contributed by atoms with Crippen LogP contribution in [0, 0.1) is 0 Å². The van der Waals surface area contributed by atoms with Gasteiger partial charge in [-0.15, -0.1) is 0 Å². The van der Waals surface area contributed by atoms with E-state index >= 15 is 0 Å². The predicted molar refractivity (Wildman–Crippen MR) is 69.7 cm³/mol. The van der Waals surface area contributed by atoms with E-state index in [1.54, 1.807) is 18.2 Å². The summed E-state index contributed by atoms with van der Waals surface area (Å²) in [5, 5.41) is 0.151. The zero-order valence-corrected chi connectivity index (χ0v) is 11.7. The van der Waals surface area contributed by atoms with E-state index in [1.165, 1.54) is 6.07 Å². The van der Waals surface area contributed by atoms with Crippen LogP contribution in [0.1, 0.15) is 5.82 Å². The summed E-state index contributed by atoms with van der Waals surface area (Å²) in [5.41, 5.74) is 5.37. The minimum atomic E-state index is -4.61. The average molecular weight is 350 g/mol. The summed E-state index contributed by atoms with van der Waals surface area (Å²) in [4.78, 5) is 7.40. The third-order valence-electron chi connectivity index (χ3n) is 1.99. The van der Waals surface area contributed by atoms with E-state index in [0.29, 0.717) is 0 Å². The Bertz CT molecular complexity index is 604. The molecule has 0 amide bonds. The van der Waals surface area contributed by atoms with Gasteiger partial charge in [-0.3, -0.25) is 0 Å². The number of alkyl halides is 3. The van der Waals surface area contributed by atoms with Gasteiger partial charge in [-0.1, -0.05) is 33.8 Å². The van der Waals surface area contributed by atoms with Crippen molar-refractivity contribution in [2.45, 2.75) is 16.1 Å². The molecule has 0 radical (unpaired) electrons. The Morgan fingerprint density at radius 1 is 1.16 bits per heavy atom. The first kappa shape index (κ1) is 14.1. The molecule has 0 saturated carbocycles. The molecule has 0 aliphatic carbocycles. The van der Waals surface area contributed by atoms with Crippen LogP contribution in [0.2, 0.25) is 0 Å². The highest BCUT2D eigenvalue weighted by Gasteiger charge is 2.35. The fourth-order valence-corrected chi connectivity index (χ4v) is 2.71. The van der Waals surface area contributed by atoms with E-state index in [0.717, 1.165) is 21.1 Å². The van der Waals surface area contributed by atoms with Gasteiger partial charge in [0.1, 0.15) is 10.8 Å². The summed E-state index contributed by atoms with van der Waals surface area (Å²) < 4.78 is 38.5. The van der Waals surface area contributed by atoms with Gasteiger partial charge in [0.2, 0.25) is 5.82 Å². The maximum atomic E-state index is 12.6. The molecular weight excluding hydrogens is 343 g/mol. The Morgan fingerprint density at radius 3 is 2.53 bits per heavy atom. The Morgan fingerprint density at radius 2 is 1.89 bits per heavy atom. The Balaban J connectivity index is 2.33. The zero-order chi connectivity index (χ0) is 14.0. The van der Waals surface area contributed by atoms with Crippen LogP contribution in [0.5, 0.6) is 0 Å². The molecule has 0 aliphatic heterocycles. The number of nitrogen functional groups attached to an aromatic ring is 1. The number of nitrogens with two attached hydrogens (primary N) is 1. The molecule has 1 aromatic carbocycles. The van der Waals surface area contributed by atoms with Gasteiger partial charge < -0.3 is 5.73 Å². The van der Waals surface area contributed by atoms with Gasteiger partial charge in [0, 0.05) is 15.4 Å². The molecule has 0 atom stereocenters. The highest BCUT2D eigenvalue weighted by Crippen LogP contribution is 2.32. The molecule has 0 spiro atoms. The maximum Gasteiger partial charge on any atom is 0.451 e. The van der Waals surface area contributed by atoms with E-state index < -0.39 is 12.0 Å². The van der Waals surface area contributed by atoms with Crippen LogP contribution in [0.4, 0.5) is 19.0 Å². The smallest absolute Gasteiger partial charge is 0.384 e. The molecule has 3 nitrogen and oxygen atoms in total. The monoisotopic (exact) mass is 349 g/mol. The second kappa shape index (κ2) is 5.38. The third-order valence-corrected chi connectivity index (χ3v) is 3.40. The van der Waals surface area contributed by atoms with Crippen molar-refractivity contribution in [2.24, 2.45) is 0 Å². The first-order chi connectivity index (χ1) is 8.84. The number of nitrogens with zero attached hydrogens (tertiary/aromatic N) is 2. The van der Waals surface area contributed by atoms with Crippen molar-refractivity contribution in [3.05, 3.63) is 40.6 Å². The number of halogens is 4. The molecule has 2 N–H and O–H groups in total. The normalized spacial score (nSPS) is 11.6. The van der Waals surface area contributed by atoms with Crippen molar-refractivity contribution in [2.75, 3.05) is 5.73 Å². The quantitative estimate of drug-likeness (QED) is 0.832. The van der Waals surface area contributed by atoms with E-state index in [4.69, 9.17) is 5.73 Å². The minimum absolute atomic E-state index is 0.151. The van der Waals surface area contributed by atoms with Crippen molar-refractivity contribution in [1.82, 2.24) is 9.97 Å². The summed E-state index contributed by atoms with van der Waals surface area (Å²) in [5.74, 6) is -1.44. The molecule has 2 aromatic rings. The van der Waals surface area contributed by atoms with Crippen molar-refractivity contribution >= 4 is 33.5 Å². The third kappa shape index (κ3) is 3.84. The number of anilines is 1. The minimum Gasteiger partial charge on any atom is -0.384 e. The Kier molecular flexibility index (Phi) is 4.00. The first-order valence-electron chi connectivity index (χ1n) is 5.00. The number of hydrogen-bond acceptors (Lipinski definition) is 4. The van der Waals surface area contributed by atoms with Crippen LogP contribution in [0.3, 0.4) is 0 Å². The lowest BCUT2D eigenvalue weighted by Gasteiger charge is -2.08. The summed E-state index contributed by atoms with van der Waals surface area (Å²) in [6.07, 6.45) is -4.61. The molecule has 19 heavy (non-hydrogen) atoms. The lowest BCUT2D eigenvalue weighted by molar-refractivity contribution is -0.145. The highest BCUT2D eigenvalue weighted by molar-refractivity contribution is 9.10. The Labute approximate surface area is 119 Å². The van der Waals surface area contributed by atoms with Crippen molar-refractivity contribution in [3.8, 4) is 0 Å². The fraction of sp³-hybridized carbons (Fsp3) is 0.0909. The molecule has 0 aliphatic rings. The molecule has 0 bridgehead atoms. The number of aromatic nitrogens is 2. The van der Waals surface area contributed by atoms with Crippen LogP contribution in [0.25, 0.3) is 0 Å². The SMILES string of the molecule is Nc1cc(Sc2cccc(Br)c2)nc(C(F)(F)F)n1. The van der Waals surface area contributed by atoms with Crippen molar-refractivity contribution in [3.63, 3.8) is 0 Å². The fourth-order valence-electron chi connectivity index (χ4n) is 1.27. The molecular formula is C11H7BrF3N3S. The van der Waals surface area contributed by atoms with Crippen LogP contribution < -0.4 is 5.73 Å². The van der Waals surface area contributed by atoms with E-state index in [2.05, 4.69) is 25.9 Å². The first-order valence-corrected chi connectivity index (χ1v) is 6.61. The maximum absolute atomic E-state index is 12.6. The topological polar surface area (TPSA) is 51.8 Å². The van der Waals surface area contributed by atoms with Crippen LogP contribution in [0.15, 0.2) is 44.7 Å². The zero-order valence-electron chi connectivity index (χ0n) is 9.28. The molecule has 2 rings (SSSR count). The molecule has 1 heterocycles. The summed E-state index contributed by atoms with van der Waals surface area (Å²) in [6, 6.07) is 8.44. The molecule has 0 unspecified atom stereocenters. The highest BCUT2D eigenvalue weighted by atomic mass is 79.9. The molecule has 100 valence electrons. The van der Waals surface area contributed by atoms with E-state index in [9.17, 15) is 13.2 Å². The predicted octanol–water partition coefficient (Wildman–Crippen LogP) is 3.99. The van der Waals surface area contributed by atoms with Gasteiger partial charge in [0.15, 0.2) is 0 Å². The van der Waals surface area contributed by atoms with E-state index in [1.807, 2.05) is 6.07 Å². The second-order valence-electron chi connectivity index (χ2n) is 3.51. The molecule has 0 saturated heterocycles. The number of benzene rings is 1. The van der Waals surface area contributed by atoms with Crippen LogP contribution in [-0.2, 0) is 6.18 Å². The van der Waals surface area contributed by atoms with Crippen LogP contribution in [-0.4, -0.2) is 9.97 Å². The summed E-state index contributed by atoms with van der Waals surface area (Å²) >= 11 is 4.37. The molecule has 0 fully saturated rings. The Hall–Kier alpha value is -1.28. The standard InChI is InChI=1S/C11H7BrF3N3S/c12-6-2-1-3-7(4-6)19-9-5-8(16)17-10(18-9)11(13,14)15/h1-5H,(H2,16,17,18). The van der Waals surface area contributed by atoms with Crippen LogP contribution >= 0.6 is 27.7 Å². The van der Waals surface area contributed by atoms with Gasteiger partial charge in [-0.05, 0) is 18.2 Å². The summed E-state index contributed by atoms with van der Waals surface area (Å²) in [6.45, 7) is 0. The van der Waals surface area contributed by atoms with Gasteiger partial charge in [0.05, 0.1) is 0 Å². The number of rotatable bonds is 2. The largest absolute Gasteiger partial charge is 0.451 e. The van der Waals surface area contributed by atoms with Crippen molar-refractivity contribution < 1.29 is 13.2 Å². The van der Waals surface area contributed by atoms with Gasteiger partial charge >= 0.3 is 6.18 Å². The molecule has 8 heteroatoms. The summed E-state index contributed by atoms with van der Waals surface area (Å²) in [7, 11) is 0. The molecule has 1 aromatic heterocycles. The van der Waals surface area contributed by atoms with Gasteiger partial charge in [-0.2, -0.15) is 13.2 Å². The second-order valence-corrected chi connectivity index (χ2v) is 5.52. The average Bonchev–Trinajstić information content (AvgIpc) is 2.26. The van der Waals surface area contributed by atoms with Gasteiger partial charge in [0.25, 0.3) is 0 Å². The van der Waals surface area contributed by atoms with Crippen molar-refractivity contribution in [1.29, 1.82) is 0 Å². The number of hydrogen-bond donors (Lipinski definition) is 1.